The molecular weight excluding hydrogens is 254 g/mol. The number of carboxylic acid groups (broad SMARTS) is 1. The molecule has 0 aliphatic heterocycles. The number of fused-ring (bicyclic) bond motifs is 1. The molecule has 3 aromatic rings. The first-order valence-corrected chi connectivity index (χ1v) is 6.20. The van der Waals surface area contributed by atoms with Gasteiger partial charge in [-0.25, -0.2) is 14.8 Å². The van der Waals surface area contributed by atoms with E-state index in [1.165, 1.54) is 11.8 Å². The van der Waals surface area contributed by atoms with Gasteiger partial charge in [-0.3, -0.25) is 4.40 Å². The summed E-state index contributed by atoms with van der Waals surface area (Å²) in [5.74, 6) is -1.04. The quantitative estimate of drug-likeness (QED) is 0.775. The molecule has 0 amide bonds. The van der Waals surface area contributed by atoms with Crippen molar-refractivity contribution in [1.82, 2.24) is 14.4 Å². The lowest BCUT2D eigenvalue weighted by Gasteiger charge is -2.07. The van der Waals surface area contributed by atoms with Crippen molar-refractivity contribution in [2.45, 2.75) is 13.8 Å². The summed E-state index contributed by atoms with van der Waals surface area (Å²) in [6.07, 6.45) is 4.74. The molecule has 0 spiro atoms. The normalized spacial score (nSPS) is 10.9. The van der Waals surface area contributed by atoms with Crippen molar-refractivity contribution in [2.24, 2.45) is 0 Å². The van der Waals surface area contributed by atoms with Crippen LogP contribution in [-0.2, 0) is 0 Å². The molecule has 0 saturated heterocycles. The molecule has 5 heteroatoms. The van der Waals surface area contributed by atoms with Gasteiger partial charge in [0.15, 0.2) is 5.69 Å². The van der Waals surface area contributed by atoms with Crippen LogP contribution < -0.4 is 0 Å². The molecule has 0 aliphatic carbocycles. The van der Waals surface area contributed by atoms with Gasteiger partial charge in [0.05, 0.1) is 0 Å². The highest BCUT2D eigenvalue weighted by Gasteiger charge is 2.13. The van der Waals surface area contributed by atoms with E-state index >= 15 is 0 Å². The number of nitrogens with zero attached hydrogens (tertiary/aromatic N) is 3. The molecule has 20 heavy (non-hydrogen) atoms. The van der Waals surface area contributed by atoms with E-state index in [1.807, 2.05) is 26.0 Å². The second-order valence-corrected chi connectivity index (χ2v) is 4.79. The van der Waals surface area contributed by atoms with Crippen molar-refractivity contribution in [3.8, 4) is 11.1 Å². The lowest BCUT2D eigenvalue weighted by atomic mass is 10.0. The maximum atomic E-state index is 11.0. The number of aromatic nitrogens is 3. The second-order valence-electron chi connectivity index (χ2n) is 4.79. The number of carbonyl (C=O) groups is 1. The summed E-state index contributed by atoms with van der Waals surface area (Å²) in [5.41, 5.74) is 4.75. The van der Waals surface area contributed by atoms with Crippen molar-refractivity contribution in [3.05, 3.63) is 53.7 Å². The van der Waals surface area contributed by atoms with Crippen molar-refractivity contribution in [1.29, 1.82) is 0 Å². The number of aromatic carboxylic acids is 1. The largest absolute Gasteiger partial charge is 0.476 e. The highest BCUT2D eigenvalue weighted by Crippen LogP contribution is 2.27. The molecule has 0 unspecified atom stereocenters. The fourth-order valence-corrected chi connectivity index (χ4v) is 2.33. The van der Waals surface area contributed by atoms with E-state index in [0.29, 0.717) is 5.65 Å². The summed E-state index contributed by atoms with van der Waals surface area (Å²) in [5, 5.41) is 9.04. The van der Waals surface area contributed by atoms with Crippen molar-refractivity contribution < 1.29 is 9.90 Å². The predicted molar refractivity (Wildman–Crippen MR) is 74.9 cm³/mol. The highest BCUT2D eigenvalue weighted by molar-refractivity contribution is 5.88. The number of rotatable bonds is 2. The molecule has 5 nitrogen and oxygen atoms in total. The third-order valence-electron chi connectivity index (χ3n) is 3.26. The van der Waals surface area contributed by atoms with E-state index in [1.54, 1.807) is 16.9 Å². The standard InChI is InChI=1S/C15H13N3O2/c1-9-3-4-11(10(2)5-9)12-6-16-8-18-7-13(15(19)20)17-14(12)18/h3-8H,1-2H3,(H,19,20). The first-order chi connectivity index (χ1) is 9.56. The Morgan fingerprint density at radius 2 is 2.05 bits per heavy atom. The van der Waals surface area contributed by atoms with Gasteiger partial charge >= 0.3 is 5.97 Å². The molecule has 3 rings (SSSR count). The fraction of sp³-hybridized carbons (Fsp3) is 0.133. The van der Waals surface area contributed by atoms with Crippen molar-refractivity contribution >= 4 is 11.6 Å². The van der Waals surface area contributed by atoms with Gasteiger partial charge in [0.25, 0.3) is 0 Å². The van der Waals surface area contributed by atoms with E-state index in [4.69, 9.17) is 5.11 Å². The van der Waals surface area contributed by atoms with Crippen LogP contribution in [0.25, 0.3) is 16.8 Å². The Balaban J connectivity index is 2.28. The monoisotopic (exact) mass is 267 g/mol. The van der Waals surface area contributed by atoms with Gasteiger partial charge in [-0.2, -0.15) is 0 Å². The molecule has 0 saturated carbocycles. The van der Waals surface area contributed by atoms with Crippen LogP contribution in [0.5, 0.6) is 0 Å². The Hall–Kier alpha value is -2.69. The average Bonchev–Trinajstić information content (AvgIpc) is 2.83. The van der Waals surface area contributed by atoms with Gasteiger partial charge in [-0.05, 0) is 25.0 Å². The molecule has 1 aromatic carbocycles. The third kappa shape index (κ3) is 1.93. The van der Waals surface area contributed by atoms with Crippen LogP contribution in [0.4, 0.5) is 0 Å². The fourth-order valence-electron chi connectivity index (χ4n) is 2.33. The number of aryl methyl sites for hydroxylation is 2. The number of benzene rings is 1. The van der Waals surface area contributed by atoms with Gasteiger partial charge in [0.2, 0.25) is 0 Å². The average molecular weight is 267 g/mol. The van der Waals surface area contributed by atoms with Crippen molar-refractivity contribution in [2.75, 3.05) is 0 Å². The second kappa shape index (κ2) is 4.45. The number of imidazole rings is 1. The molecular formula is C15H13N3O2. The number of hydrogen-bond donors (Lipinski definition) is 1. The molecule has 0 radical (unpaired) electrons. The van der Waals surface area contributed by atoms with E-state index in [2.05, 4.69) is 16.0 Å². The highest BCUT2D eigenvalue weighted by atomic mass is 16.4. The lowest BCUT2D eigenvalue weighted by Crippen LogP contribution is -1.95. The molecule has 100 valence electrons. The smallest absolute Gasteiger partial charge is 0.356 e. The minimum atomic E-state index is -1.04. The van der Waals surface area contributed by atoms with Gasteiger partial charge in [-0.15, -0.1) is 0 Å². The Morgan fingerprint density at radius 3 is 2.75 bits per heavy atom. The topological polar surface area (TPSA) is 67.5 Å². The number of hydrogen-bond acceptors (Lipinski definition) is 3. The maximum Gasteiger partial charge on any atom is 0.356 e. The molecule has 2 heterocycles. The Labute approximate surface area is 115 Å². The molecule has 2 aromatic heterocycles. The van der Waals surface area contributed by atoms with E-state index in [-0.39, 0.29) is 5.69 Å². The van der Waals surface area contributed by atoms with Crippen LogP contribution in [0.3, 0.4) is 0 Å². The van der Waals surface area contributed by atoms with Crippen molar-refractivity contribution in [3.63, 3.8) is 0 Å². The minimum Gasteiger partial charge on any atom is -0.476 e. The summed E-state index contributed by atoms with van der Waals surface area (Å²) in [6.45, 7) is 4.06. The van der Waals surface area contributed by atoms with Gasteiger partial charge in [0, 0.05) is 18.0 Å². The molecule has 0 bridgehead atoms. The summed E-state index contributed by atoms with van der Waals surface area (Å²) in [4.78, 5) is 19.4. The summed E-state index contributed by atoms with van der Waals surface area (Å²) in [6, 6.07) is 6.11. The first-order valence-electron chi connectivity index (χ1n) is 6.20. The summed E-state index contributed by atoms with van der Waals surface area (Å²) in [7, 11) is 0. The van der Waals surface area contributed by atoms with Crippen LogP contribution in [0, 0.1) is 13.8 Å². The molecule has 0 atom stereocenters. The van der Waals surface area contributed by atoms with Crippen LogP contribution in [0.1, 0.15) is 21.6 Å². The van der Waals surface area contributed by atoms with E-state index in [0.717, 1.165) is 16.7 Å². The Kier molecular flexibility index (Phi) is 2.75. The predicted octanol–water partition coefficient (Wildman–Crippen LogP) is 2.71. The van der Waals surface area contributed by atoms with Crippen LogP contribution in [0.2, 0.25) is 0 Å². The zero-order chi connectivity index (χ0) is 14.3. The van der Waals surface area contributed by atoms with Crippen LogP contribution in [0.15, 0.2) is 36.9 Å². The third-order valence-corrected chi connectivity index (χ3v) is 3.26. The van der Waals surface area contributed by atoms with E-state index in [9.17, 15) is 4.79 Å². The van der Waals surface area contributed by atoms with Crippen LogP contribution in [-0.4, -0.2) is 25.4 Å². The zero-order valence-corrected chi connectivity index (χ0v) is 11.2. The Bertz CT molecular complexity index is 821. The zero-order valence-electron chi connectivity index (χ0n) is 11.2. The molecule has 0 fully saturated rings. The Morgan fingerprint density at radius 1 is 1.25 bits per heavy atom. The molecule has 0 aliphatic rings. The van der Waals surface area contributed by atoms with Gasteiger partial charge in [-0.1, -0.05) is 23.8 Å². The summed E-state index contributed by atoms with van der Waals surface area (Å²) < 4.78 is 1.64. The number of carboxylic acids is 1. The summed E-state index contributed by atoms with van der Waals surface area (Å²) >= 11 is 0. The first kappa shape index (κ1) is 12.3. The SMILES string of the molecule is Cc1ccc(-c2cncn3cc(C(=O)O)nc23)c(C)c1. The lowest BCUT2D eigenvalue weighted by molar-refractivity contribution is 0.0691. The molecule has 1 N–H and O–H groups in total. The van der Waals surface area contributed by atoms with Gasteiger partial charge < -0.3 is 5.11 Å². The van der Waals surface area contributed by atoms with Crippen LogP contribution >= 0.6 is 0 Å². The minimum absolute atomic E-state index is 0.0176. The van der Waals surface area contributed by atoms with Gasteiger partial charge in [0.1, 0.15) is 12.0 Å². The maximum absolute atomic E-state index is 11.0. The van der Waals surface area contributed by atoms with E-state index < -0.39 is 5.97 Å².